The number of carbonyl (C=O) groups is 1. The molecule has 166 valence electrons. The van der Waals surface area contributed by atoms with E-state index in [1.807, 2.05) is 18.2 Å². The molecule has 0 spiro atoms. The van der Waals surface area contributed by atoms with Crippen molar-refractivity contribution in [2.24, 2.45) is 0 Å². The maximum Gasteiger partial charge on any atom is 0.422 e. The number of alkyl halides is 3. The molecule has 4 aromatic rings. The van der Waals surface area contributed by atoms with Crippen LogP contribution in [0.1, 0.15) is 6.92 Å². The summed E-state index contributed by atoms with van der Waals surface area (Å²) in [7, 11) is 0. The normalized spacial score (nSPS) is 12.7. The first-order valence-corrected chi connectivity index (χ1v) is 9.65. The molecule has 0 aliphatic carbocycles. The number of anilines is 1. The van der Waals surface area contributed by atoms with Crippen LogP contribution in [0.2, 0.25) is 0 Å². The molecule has 0 unspecified atom stereocenters. The molecule has 2 aromatic carbocycles. The highest BCUT2D eigenvalue weighted by Crippen LogP contribution is 2.29. The molecule has 2 aromatic heterocycles. The third kappa shape index (κ3) is 4.75. The molecule has 7 nitrogen and oxygen atoms in total. The average Bonchev–Trinajstić information content (AvgIpc) is 3.39. The maximum absolute atomic E-state index is 12.3. The average molecular weight is 444 g/mol. The van der Waals surface area contributed by atoms with Crippen molar-refractivity contribution in [3.63, 3.8) is 0 Å². The summed E-state index contributed by atoms with van der Waals surface area (Å²) in [5, 5.41) is 17.2. The highest BCUT2D eigenvalue weighted by molar-refractivity contribution is 6.04. The van der Waals surface area contributed by atoms with Gasteiger partial charge in [0.05, 0.1) is 17.6 Å². The van der Waals surface area contributed by atoms with Gasteiger partial charge in [-0.2, -0.15) is 18.3 Å². The number of fused-ring (bicyclic) bond motifs is 1. The minimum Gasteiger partial charge on any atom is -0.484 e. The summed E-state index contributed by atoms with van der Waals surface area (Å²) in [6, 6.07) is 11.8. The number of benzene rings is 2. The fraction of sp³-hybridized carbons (Fsp3) is 0.182. The molecule has 0 saturated heterocycles. The number of aromatic nitrogens is 3. The van der Waals surface area contributed by atoms with Crippen molar-refractivity contribution >= 4 is 22.5 Å². The molecule has 1 atom stereocenters. The topological polar surface area (TPSA) is 92.2 Å². The number of hydrogen-bond donors (Lipinski definition) is 3. The van der Waals surface area contributed by atoms with Crippen LogP contribution in [0.3, 0.4) is 0 Å². The maximum atomic E-state index is 12.3. The van der Waals surface area contributed by atoms with Gasteiger partial charge in [0.1, 0.15) is 11.9 Å². The molecule has 1 amide bonds. The van der Waals surface area contributed by atoms with Gasteiger partial charge in [0, 0.05) is 28.9 Å². The molecule has 3 N–H and O–H groups in total. The van der Waals surface area contributed by atoms with Gasteiger partial charge in [0.2, 0.25) is 0 Å². The van der Waals surface area contributed by atoms with Crippen LogP contribution < -0.4 is 10.1 Å². The Balaban J connectivity index is 1.55. The van der Waals surface area contributed by atoms with Crippen LogP contribution in [0, 0.1) is 0 Å². The van der Waals surface area contributed by atoms with Gasteiger partial charge in [0.15, 0.2) is 6.61 Å². The SMILES string of the molecule is C[C@@H](O)C(=O)Nc1c[nH]c2ccc(-c3cnn(-c4ccc(OCC(F)(F)F)cc4)c3)cc12. The standard InChI is InChI=1S/C22H19F3N4O3/c1-13(30)21(31)28-20-10-26-19-7-2-14(8-18(19)20)15-9-27-29(11-15)16-3-5-17(6-4-16)32-12-22(23,24)25/h2-11,13,26,30H,12H2,1H3,(H,28,31)/t13-/m1/s1. The van der Waals surface area contributed by atoms with E-state index in [-0.39, 0.29) is 5.75 Å². The Morgan fingerprint density at radius 1 is 1.22 bits per heavy atom. The van der Waals surface area contributed by atoms with Gasteiger partial charge < -0.3 is 20.1 Å². The summed E-state index contributed by atoms with van der Waals surface area (Å²) in [5.41, 5.74) is 3.67. The molecular formula is C22H19F3N4O3. The molecule has 0 bridgehead atoms. The molecule has 0 aliphatic rings. The van der Waals surface area contributed by atoms with Crippen molar-refractivity contribution in [2.45, 2.75) is 19.2 Å². The van der Waals surface area contributed by atoms with E-state index in [4.69, 9.17) is 4.74 Å². The molecular weight excluding hydrogens is 425 g/mol. The third-order valence-corrected chi connectivity index (χ3v) is 4.74. The highest BCUT2D eigenvalue weighted by atomic mass is 19.4. The second-order valence-electron chi connectivity index (χ2n) is 7.20. The number of aliphatic hydroxyl groups is 1. The van der Waals surface area contributed by atoms with Crippen molar-refractivity contribution in [1.82, 2.24) is 14.8 Å². The fourth-order valence-corrected chi connectivity index (χ4v) is 3.11. The lowest BCUT2D eigenvalue weighted by molar-refractivity contribution is -0.153. The first-order valence-electron chi connectivity index (χ1n) is 9.65. The van der Waals surface area contributed by atoms with E-state index < -0.39 is 24.8 Å². The van der Waals surface area contributed by atoms with Gasteiger partial charge in [-0.3, -0.25) is 4.79 Å². The van der Waals surface area contributed by atoms with Crippen LogP contribution >= 0.6 is 0 Å². The Labute approximate surface area is 180 Å². The van der Waals surface area contributed by atoms with Gasteiger partial charge in [-0.25, -0.2) is 4.68 Å². The Morgan fingerprint density at radius 2 is 1.97 bits per heavy atom. The summed E-state index contributed by atoms with van der Waals surface area (Å²) in [6.45, 7) is 0.0402. The summed E-state index contributed by atoms with van der Waals surface area (Å²) in [6.07, 6.45) is -0.425. The fourth-order valence-electron chi connectivity index (χ4n) is 3.11. The van der Waals surface area contributed by atoms with E-state index in [0.717, 1.165) is 22.0 Å². The highest BCUT2D eigenvalue weighted by Gasteiger charge is 2.28. The van der Waals surface area contributed by atoms with Crippen LogP contribution in [0.25, 0.3) is 27.7 Å². The van der Waals surface area contributed by atoms with Crippen molar-refractivity contribution in [2.75, 3.05) is 11.9 Å². The monoisotopic (exact) mass is 444 g/mol. The van der Waals surface area contributed by atoms with Crippen LogP contribution in [-0.4, -0.2) is 44.7 Å². The van der Waals surface area contributed by atoms with E-state index in [1.54, 1.807) is 35.4 Å². The zero-order valence-electron chi connectivity index (χ0n) is 16.8. The third-order valence-electron chi connectivity index (χ3n) is 4.74. The van der Waals surface area contributed by atoms with Crippen LogP contribution in [0.15, 0.2) is 61.1 Å². The minimum atomic E-state index is -4.39. The molecule has 0 fully saturated rings. The number of rotatable bonds is 6. The predicted octanol–water partition coefficient (Wildman–Crippen LogP) is 4.28. The second kappa shape index (κ2) is 8.39. The molecule has 0 saturated carbocycles. The minimum absolute atomic E-state index is 0.114. The summed E-state index contributed by atoms with van der Waals surface area (Å²) in [4.78, 5) is 14.9. The van der Waals surface area contributed by atoms with E-state index >= 15 is 0 Å². The van der Waals surface area contributed by atoms with Gasteiger partial charge in [-0.05, 0) is 48.9 Å². The molecule has 10 heteroatoms. The second-order valence-corrected chi connectivity index (χ2v) is 7.20. The van der Waals surface area contributed by atoms with Crippen LogP contribution in [0.4, 0.5) is 18.9 Å². The van der Waals surface area contributed by atoms with E-state index in [1.165, 1.54) is 19.1 Å². The Bertz CT molecular complexity index is 1240. The summed E-state index contributed by atoms with van der Waals surface area (Å²) < 4.78 is 43.1. The lowest BCUT2D eigenvalue weighted by atomic mass is 10.1. The number of ether oxygens (including phenoxy) is 1. The molecule has 2 heterocycles. The number of amides is 1. The quantitative estimate of drug-likeness (QED) is 0.414. The zero-order chi connectivity index (χ0) is 22.9. The van der Waals surface area contributed by atoms with Crippen molar-refractivity contribution < 1.29 is 27.8 Å². The Hall–Kier alpha value is -3.79. The number of nitrogens with one attached hydrogen (secondary N) is 2. The van der Waals surface area contributed by atoms with Crippen LogP contribution in [0.5, 0.6) is 5.75 Å². The number of aromatic amines is 1. The van der Waals surface area contributed by atoms with Crippen molar-refractivity contribution in [3.05, 3.63) is 61.1 Å². The predicted molar refractivity (Wildman–Crippen MR) is 113 cm³/mol. The lowest BCUT2D eigenvalue weighted by Gasteiger charge is -2.09. The largest absolute Gasteiger partial charge is 0.484 e. The van der Waals surface area contributed by atoms with Crippen molar-refractivity contribution in [3.8, 4) is 22.6 Å². The molecule has 32 heavy (non-hydrogen) atoms. The van der Waals surface area contributed by atoms with E-state index in [2.05, 4.69) is 15.4 Å². The molecule has 0 aliphatic heterocycles. The number of H-pyrrole nitrogens is 1. The summed E-state index contributed by atoms with van der Waals surface area (Å²) in [5.74, 6) is -0.394. The Kier molecular flexibility index (Phi) is 5.62. The van der Waals surface area contributed by atoms with Gasteiger partial charge in [0.25, 0.3) is 5.91 Å². The number of hydrogen-bond acceptors (Lipinski definition) is 4. The molecule has 4 rings (SSSR count). The smallest absolute Gasteiger partial charge is 0.422 e. The first-order chi connectivity index (χ1) is 15.2. The molecule has 0 radical (unpaired) electrons. The summed E-state index contributed by atoms with van der Waals surface area (Å²) >= 11 is 0. The number of halogens is 3. The van der Waals surface area contributed by atoms with Gasteiger partial charge in [-0.15, -0.1) is 0 Å². The van der Waals surface area contributed by atoms with Gasteiger partial charge >= 0.3 is 6.18 Å². The van der Waals surface area contributed by atoms with Gasteiger partial charge in [-0.1, -0.05) is 6.07 Å². The number of nitrogens with zero attached hydrogens (tertiary/aromatic N) is 2. The zero-order valence-corrected chi connectivity index (χ0v) is 16.8. The number of carbonyl (C=O) groups excluding carboxylic acids is 1. The lowest BCUT2D eigenvalue weighted by Crippen LogP contribution is -2.24. The van der Waals surface area contributed by atoms with Crippen LogP contribution in [-0.2, 0) is 4.79 Å². The van der Waals surface area contributed by atoms with E-state index in [0.29, 0.717) is 11.4 Å². The number of aliphatic hydroxyl groups excluding tert-OH is 1. The van der Waals surface area contributed by atoms with E-state index in [9.17, 15) is 23.1 Å². The Morgan fingerprint density at radius 3 is 2.66 bits per heavy atom. The van der Waals surface area contributed by atoms with Crippen molar-refractivity contribution in [1.29, 1.82) is 0 Å². The first kappa shape index (κ1) is 21.4.